The third-order valence-corrected chi connectivity index (χ3v) is 10.1. The lowest BCUT2D eigenvalue weighted by Crippen LogP contribution is -2.42. The van der Waals surface area contributed by atoms with Gasteiger partial charge in [0.25, 0.3) is 11.8 Å². The van der Waals surface area contributed by atoms with E-state index in [1.165, 1.54) is 70.6 Å². The van der Waals surface area contributed by atoms with Crippen molar-refractivity contribution >= 4 is 53.4 Å². The fourth-order valence-electron chi connectivity index (χ4n) is 6.37. The van der Waals surface area contributed by atoms with Crippen LogP contribution in [0.2, 0.25) is 5.02 Å². The molecule has 1 saturated heterocycles. The van der Waals surface area contributed by atoms with Gasteiger partial charge in [0.05, 0.1) is 11.4 Å². The van der Waals surface area contributed by atoms with E-state index in [2.05, 4.69) is 39.9 Å². The smallest absolute Gasteiger partial charge is 0.317 e. The number of amides is 4. The molecule has 282 valence electrons. The summed E-state index contributed by atoms with van der Waals surface area (Å²) in [5.74, 6) is -0.504. The van der Waals surface area contributed by atoms with Crippen molar-refractivity contribution in [3.05, 3.63) is 70.8 Å². The predicted molar refractivity (Wildman–Crippen MR) is 218 cm³/mol. The first kappa shape index (κ1) is 42.2. The lowest BCUT2D eigenvalue weighted by Gasteiger charge is -2.26. The molecule has 8 nitrogen and oxygen atoms in total. The summed E-state index contributed by atoms with van der Waals surface area (Å²) in [6, 6.07) is 12.1. The fraction of sp³-hybridized carbons (Fsp3) is 0.585. The molecule has 10 heteroatoms. The van der Waals surface area contributed by atoms with Crippen molar-refractivity contribution in [2.24, 2.45) is 0 Å². The Morgan fingerprint density at radius 1 is 0.784 bits per heavy atom. The van der Waals surface area contributed by atoms with Crippen LogP contribution in [0.1, 0.15) is 131 Å². The fourth-order valence-corrected chi connectivity index (χ4v) is 6.88. The number of benzene rings is 2. The van der Waals surface area contributed by atoms with Gasteiger partial charge in [0.15, 0.2) is 0 Å². The van der Waals surface area contributed by atoms with Gasteiger partial charge < -0.3 is 25.8 Å². The first-order valence-corrected chi connectivity index (χ1v) is 20.3. The molecule has 2 aromatic carbocycles. The van der Waals surface area contributed by atoms with Gasteiger partial charge in [-0.05, 0) is 88.3 Å². The highest BCUT2D eigenvalue weighted by molar-refractivity contribution is 7.80. The summed E-state index contributed by atoms with van der Waals surface area (Å²) in [7, 11) is 0. The van der Waals surface area contributed by atoms with Crippen LogP contribution in [0.5, 0.6) is 0 Å². The average Bonchev–Trinajstić information content (AvgIpc) is 3.38. The molecule has 1 aliphatic heterocycles. The van der Waals surface area contributed by atoms with Gasteiger partial charge in [-0.2, -0.15) is 12.6 Å². The van der Waals surface area contributed by atoms with Crippen LogP contribution in [-0.4, -0.2) is 67.3 Å². The highest BCUT2D eigenvalue weighted by Crippen LogP contribution is 2.29. The summed E-state index contributed by atoms with van der Waals surface area (Å²) in [6.45, 7) is 7.79. The third kappa shape index (κ3) is 16.4. The lowest BCUT2D eigenvalue weighted by molar-refractivity contribution is 0.0951. The third-order valence-electron chi connectivity index (χ3n) is 9.36. The molecule has 0 saturated carbocycles. The maximum Gasteiger partial charge on any atom is 0.317 e. The number of anilines is 2. The van der Waals surface area contributed by atoms with E-state index in [0.29, 0.717) is 61.1 Å². The Bertz CT molecular complexity index is 1370. The first-order valence-electron chi connectivity index (χ1n) is 19.4. The van der Waals surface area contributed by atoms with Crippen molar-refractivity contribution in [3.63, 3.8) is 0 Å². The normalized spacial score (nSPS) is 14.0. The molecule has 1 aliphatic rings. The van der Waals surface area contributed by atoms with Crippen molar-refractivity contribution in [2.75, 3.05) is 49.5 Å². The minimum absolute atomic E-state index is 0.0680. The first-order chi connectivity index (χ1) is 24.8. The molecule has 3 rings (SSSR count). The van der Waals surface area contributed by atoms with Crippen molar-refractivity contribution < 1.29 is 14.4 Å². The highest BCUT2D eigenvalue weighted by Gasteiger charge is 2.22. The number of halogens is 1. The van der Waals surface area contributed by atoms with E-state index in [0.717, 1.165) is 31.4 Å². The van der Waals surface area contributed by atoms with Gasteiger partial charge >= 0.3 is 6.03 Å². The number of allylic oxidation sites excluding steroid dienone is 2. The number of carbonyl (C=O) groups is 3. The van der Waals surface area contributed by atoms with Gasteiger partial charge in [-0.15, -0.1) is 0 Å². The minimum atomic E-state index is -0.312. The molecule has 51 heavy (non-hydrogen) atoms. The van der Waals surface area contributed by atoms with E-state index in [1.54, 1.807) is 36.4 Å². The Labute approximate surface area is 317 Å². The zero-order valence-corrected chi connectivity index (χ0v) is 32.7. The average molecular weight is 740 g/mol. The molecule has 4 amide bonds. The topological polar surface area (TPSA) is 93.8 Å². The van der Waals surface area contributed by atoms with Crippen LogP contribution in [-0.2, 0) is 0 Å². The van der Waals surface area contributed by atoms with E-state index >= 15 is 0 Å². The number of hydrogen-bond acceptors (Lipinski definition) is 5. The Kier molecular flexibility index (Phi) is 20.6. The molecule has 1 unspecified atom stereocenters. The molecule has 1 atom stereocenters. The monoisotopic (exact) mass is 739 g/mol. The largest absolute Gasteiger partial charge is 0.368 e. The molecule has 0 radical (unpaired) electrons. The van der Waals surface area contributed by atoms with E-state index in [1.807, 2.05) is 17.9 Å². The van der Waals surface area contributed by atoms with Crippen LogP contribution in [0, 0.1) is 0 Å². The van der Waals surface area contributed by atoms with Gasteiger partial charge in [-0.25, -0.2) is 4.79 Å². The summed E-state index contributed by atoms with van der Waals surface area (Å²) in [6.07, 6.45) is 22.7. The summed E-state index contributed by atoms with van der Waals surface area (Å²) in [5.41, 5.74) is 2.24. The molecule has 0 aliphatic carbocycles. The second-order valence-electron chi connectivity index (χ2n) is 13.6. The molecule has 3 N–H and O–H groups in total. The number of unbranched alkanes of at least 4 members (excludes halogenated alkanes) is 10. The SMILES string of the molecule is CCCCCCCC/C=C\CCCCCCC(S)CCNC(=O)c1ccc(N2CCCN(C(=O)NCC)CC2)c(NC(=O)c2cccc(Cl)c2)c1. The molecular formula is C41H62ClN5O3S. The standard InChI is InChI=1S/C41H62ClN5O3S/c1-3-5-6-7-8-9-10-11-12-13-14-15-16-17-22-36(51)25-26-44-39(48)34-23-24-38(46-27-19-28-47(30-29-46)41(50)43-4-2)37(32-34)45-40(49)33-20-18-21-35(42)31-33/h11-12,18,20-21,23-24,31-32,36,51H,3-10,13-17,19,22,25-30H2,1-2H3,(H,43,50)(H,44,48)(H,45,49)/b12-11-. The Hall–Kier alpha value is -3.17. The summed E-state index contributed by atoms with van der Waals surface area (Å²) in [5, 5.41) is 9.67. The van der Waals surface area contributed by atoms with E-state index in [9.17, 15) is 14.4 Å². The quantitative estimate of drug-likeness (QED) is 0.0550. The zero-order valence-electron chi connectivity index (χ0n) is 31.1. The summed E-state index contributed by atoms with van der Waals surface area (Å²) >= 11 is 11.0. The zero-order chi connectivity index (χ0) is 36.7. The second kappa shape index (κ2) is 24.9. The molecule has 0 spiro atoms. The van der Waals surface area contributed by atoms with Gasteiger partial charge in [0.1, 0.15) is 0 Å². The van der Waals surface area contributed by atoms with E-state index < -0.39 is 0 Å². The van der Waals surface area contributed by atoms with Gasteiger partial charge in [-0.3, -0.25) is 9.59 Å². The number of nitrogens with one attached hydrogen (secondary N) is 3. The van der Waals surface area contributed by atoms with Crippen LogP contribution < -0.4 is 20.9 Å². The van der Waals surface area contributed by atoms with Gasteiger partial charge in [-0.1, -0.05) is 88.1 Å². The van der Waals surface area contributed by atoms with Crippen molar-refractivity contribution in [3.8, 4) is 0 Å². The number of carbonyl (C=O) groups excluding carboxylic acids is 3. The van der Waals surface area contributed by atoms with Crippen molar-refractivity contribution in [1.82, 2.24) is 15.5 Å². The van der Waals surface area contributed by atoms with Crippen LogP contribution in [0.25, 0.3) is 0 Å². The van der Waals surface area contributed by atoms with E-state index in [4.69, 9.17) is 24.2 Å². The minimum Gasteiger partial charge on any atom is -0.368 e. The highest BCUT2D eigenvalue weighted by atomic mass is 35.5. The van der Waals surface area contributed by atoms with Gasteiger partial charge in [0.2, 0.25) is 0 Å². The van der Waals surface area contributed by atoms with Crippen LogP contribution in [0.4, 0.5) is 16.2 Å². The van der Waals surface area contributed by atoms with Crippen LogP contribution in [0.15, 0.2) is 54.6 Å². The number of rotatable bonds is 22. The lowest BCUT2D eigenvalue weighted by atomic mass is 10.1. The van der Waals surface area contributed by atoms with Crippen LogP contribution >= 0.6 is 24.2 Å². The second-order valence-corrected chi connectivity index (χ2v) is 14.7. The molecule has 1 fully saturated rings. The van der Waals surface area contributed by atoms with Crippen molar-refractivity contribution in [1.29, 1.82) is 0 Å². The number of urea groups is 1. The Morgan fingerprint density at radius 2 is 1.49 bits per heavy atom. The molecule has 2 aromatic rings. The predicted octanol–water partition coefficient (Wildman–Crippen LogP) is 9.90. The number of hydrogen-bond donors (Lipinski definition) is 4. The Balaban J connectivity index is 1.46. The Morgan fingerprint density at radius 3 is 2.22 bits per heavy atom. The maximum absolute atomic E-state index is 13.3. The molecular weight excluding hydrogens is 678 g/mol. The number of thiol groups is 1. The summed E-state index contributed by atoms with van der Waals surface area (Å²) in [4.78, 5) is 43.0. The van der Waals surface area contributed by atoms with E-state index in [-0.39, 0.29) is 23.1 Å². The molecule has 0 aromatic heterocycles. The van der Waals surface area contributed by atoms with Crippen LogP contribution in [0.3, 0.4) is 0 Å². The molecule has 0 bridgehead atoms. The van der Waals surface area contributed by atoms with Crippen molar-refractivity contribution in [2.45, 2.75) is 115 Å². The maximum atomic E-state index is 13.3. The number of nitrogens with zero attached hydrogens (tertiary/aromatic N) is 2. The van der Waals surface area contributed by atoms with Gasteiger partial charge in [0, 0.05) is 60.7 Å². The molecule has 1 heterocycles. The summed E-state index contributed by atoms with van der Waals surface area (Å²) < 4.78 is 0.